The van der Waals surface area contributed by atoms with E-state index in [-0.39, 0.29) is 12.6 Å². The molecule has 0 spiro atoms. The lowest BCUT2D eigenvalue weighted by molar-refractivity contribution is -0.130. The number of aliphatic hydroxyl groups excluding tert-OH is 1. The predicted molar refractivity (Wildman–Crippen MR) is 94.5 cm³/mol. The zero-order chi connectivity index (χ0) is 16.7. The highest BCUT2D eigenvalue weighted by atomic mass is 16.3. The number of piperidine rings is 3. The van der Waals surface area contributed by atoms with E-state index in [2.05, 4.69) is 16.5 Å². The van der Waals surface area contributed by atoms with E-state index in [0.29, 0.717) is 11.8 Å². The number of aliphatic hydroxyl groups is 2. The van der Waals surface area contributed by atoms with Gasteiger partial charge < -0.3 is 10.2 Å². The maximum absolute atomic E-state index is 11.5. The highest BCUT2D eigenvalue weighted by Gasteiger charge is 2.49. The third-order valence-electron chi connectivity index (χ3n) is 6.02. The molecular weight excluding hydrogens is 300 g/mol. The van der Waals surface area contributed by atoms with Gasteiger partial charge in [0.1, 0.15) is 5.60 Å². The van der Waals surface area contributed by atoms with Gasteiger partial charge in [0.2, 0.25) is 0 Å². The summed E-state index contributed by atoms with van der Waals surface area (Å²) < 4.78 is 0. The number of nitrogens with zero attached hydrogens (tertiary/aromatic N) is 2. The predicted octanol–water partition coefficient (Wildman–Crippen LogP) is 2.31. The Labute approximate surface area is 142 Å². The van der Waals surface area contributed by atoms with E-state index >= 15 is 0 Å². The smallest absolute Gasteiger partial charge is 0.129 e. The maximum atomic E-state index is 11.5. The van der Waals surface area contributed by atoms with Crippen LogP contribution < -0.4 is 0 Å². The number of pyridine rings is 1. The van der Waals surface area contributed by atoms with Gasteiger partial charge in [-0.1, -0.05) is 24.3 Å². The average Bonchev–Trinajstić information content (AvgIpc) is 2.67. The van der Waals surface area contributed by atoms with E-state index in [1.165, 1.54) is 0 Å². The third-order valence-corrected chi connectivity index (χ3v) is 6.02. The summed E-state index contributed by atoms with van der Waals surface area (Å²) >= 11 is 0. The molecule has 126 valence electrons. The van der Waals surface area contributed by atoms with Crippen molar-refractivity contribution < 1.29 is 10.2 Å². The molecule has 3 aliphatic heterocycles. The van der Waals surface area contributed by atoms with Crippen molar-refractivity contribution in [3.8, 4) is 0 Å². The molecule has 4 heterocycles. The Bertz CT molecular complexity index is 757. The van der Waals surface area contributed by atoms with Crippen LogP contribution in [-0.4, -0.2) is 45.8 Å². The number of hydrogen-bond acceptors (Lipinski definition) is 4. The first-order valence-electron chi connectivity index (χ1n) is 8.71. The van der Waals surface area contributed by atoms with Crippen molar-refractivity contribution in [1.82, 2.24) is 9.88 Å². The largest absolute Gasteiger partial charge is 0.393 e. The van der Waals surface area contributed by atoms with Crippen LogP contribution in [0.2, 0.25) is 0 Å². The van der Waals surface area contributed by atoms with Crippen LogP contribution in [0, 0.1) is 11.8 Å². The molecule has 4 heteroatoms. The number of benzene rings is 1. The molecule has 3 fully saturated rings. The zero-order valence-corrected chi connectivity index (χ0v) is 13.8. The molecule has 2 aromatic rings. The molecule has 0 aliphatic carbocycles. The second-order valence-corrected chi connectivity index (χ2v) is 7.15. The summed E-state index contributed by atoms with van der Waals surface area (Å²) in [6, 6.07) is 9.60. The quantitative estimate of drug-likeness (QED) is 0.848. The van der Waals surface area contributed by atoms with Crippen LogP contribution in [0.25, 0.3) is 10.9 Å². The number of fused-ring (bicyclic) bond motifs is 4. The van der Waals surface area contributed by atoms with Crippen molar-refractivity contribution in [2.75, 3.05) is 19.7 Å². The molecule has 3 aliphatic rings. The van der Waals surface area contributed by atoms with Crippen LogP contribution in [-0.2, 0) is 5.60 Å². The Morgan fingerprint density at radius 2 is 2.17 bits per heavy atom. The molecule has 3 saturated heterocycles. The molecular formula is C20H24N2O2. The summed E-state index contributed by atoms with van der Waals surface area (Å²) in [4.78, 5) is 6.72. The SMILES string of the molecule is C=C[C@H]1CN2CC[C@H]1C[C@@H]2[C@@](O)(CO)c1ccnc2ccccc12. The molecule has 0 saturated carbocycles. The van der Waals surface area contributed by atoms with Crippen molar-refractivity contribution in [2.45, 2.75) is 24.5 Å². The first kappa shape index (κ1) is 15.8. The number of aromatic nitrogens is 1. The van der Waals surface area contributed by atoms with Gasteiger partial charge in [-0.25, -0.2) is 0 Å². The van der Waals surface area contributed by atoms with Crippen molar-refractivity contribution in [2.24, 2.45) is 11.8 Å². The first-order valence-corrected chi connectivity index (χ1v) is 8.71. The Kier molecular flexibility index (Phi) is 3.91. The molecule has 2 N–H and O–H groups in total. The minimum atomic E-state index is -1.27. The lowest BCUT2D eigenvalue weighted by Gasteiger charge is -2.54. The van der Waals surface area contributed by atoms with Crippen LogP contribution in [0.1, 0.15) is 18.4 Å². The molecule has 0 amide bonds. The van der Waals surface area contributed by atoms with Gasteiger partial charge in [-0.3, -0.25) is 9.88 Å². The van der Waals surface area contributed by atoms with E-state index in [0.717, 1.165) is 42.4 Å². The third kappa shape index (κ3) is 2.29. The summed E-state index contributed by atoms with van der Waals surface area (Å²) in [6.45, 7) is 5.58. The summed E-state index contributed by atoms with van der Waals surface area (Å²) in [6.07, 6.45) is 5.81. The molecule has 4 nitrogen and oxygen atoms in total. The van der Waals surface area contributed by atoms with Gasteiger partial charge in [-0.2, -0.15) is 0 Å². The summed E-state index contributed by atoms with van der Waals surface area (Å²) in [5.41, 5.74) is 0.359. The Morgan fingerprint density at radius 1 is 1.33 bits per heavy atom. The number of rotatable bonds is 4. The van der Waals surface area contributed by atoms with Gasteiger partial charge in [-0.15, -0.1) is 6.58 Å². The summed E-state index contributed by atoms with van der Waals surface area (Å²) in [7, 11) is 0. The zero-order valence-electron chi connectivity index (χ0n) is 13.8. The molecule has 24 heavy (non-hydrogen) atoms. The fourth-order valence-electron chi connectivity index (χ4n) is 4.68. The van der Waals surface area contributed by atoms with Crippen molar-refractivity contribution >= 4 is 10.9 Å². The summed E-state index contributed by atoms with van der Waals surface area (Å²) in [5, 5.41) is 22.7. The molecule has 1 unspecified atom stereocenters. The first-order chi connectivity index (χ1) is 11.7. The molecule has 1 aromatic carbocycles. The van der Waals surface area contributed by atoms with Crippen LogP contribution >= 0.6 is 0 Å². The highest BCUT2D eigenvalue weighted by molar-refractivity contribution is 5.82. The second kappa shape index (κ2) is 5.96. The van der Waals surface area contributed by atoms with Gasteiger partial charge in [0.15, 0.2) is 0 Å². The Morgan fingerprint density at radius 3 is 2.88 bits per heavy atom. The van der Waals surface area contributed by atoms with Gasteiger partial charge >= 0.3 is 0 Å². The fraction of sp³-hybridized carbons (Fsp3) is 0.450. The number of hydrogen-bond donors (Lipinski definition) is 2. The topological polar surface area (TPSA) is 56.6 Å². The van der Waals surface area contributed by atoms with Crippen molar-refractivity contribution in [3.63, 3.8) is 0 Å². The molecule has 2 bridgehead atoms. The Hall–Kier alpha value is -1.75. The average molecular weight is 324 g/mol. The maximum Gasteiger partial charge on any atom is 0.129 e. The molecule has 0 radical (unpaired) electrons. The van der Waals surface area contributed by atoms with Gasteiger partial charge in [0.05, 0.1) is 12.1 Å². The van der Waals surface area contributed by atoms with Gasteiger partial charge in [0, 0.05) is 24.2 Å². The minimum absolute atomic E-state index is 0.0664. The lowest BCUT2D eigenvalue weighted by Crippen LogP contribution is -2.61. The van der Waals surface area contributed by atoms with E-state index in [4.69, 9.17) is 0 Å². The van der Waals surface area contributed by atoms with E-state index in [1.54, 1.807) is 6.20 Å². The summed E-state index contributed by atoms with van der Waals surface area (Å²) in [5.74, 6) is 1.04. The molecule has 1 aromatic heterocycles. The van der Waals surface area contributed by atoms with Crippen LogP contribution in [0.4, 0.5) is 0 Å². The van der Waals surface area contributed by atoms with E-state index < -0.39 is 5.60 Å². The molecule has 5 atom stereocenters. The molecule has 5 rings (SSSR count). The van der Waals surface area contributed by atoms with Crippen molar-refractivity contribution in [1.29, 1.82) is 0 Å². The van der Waals surface area contributed by atoms with E-state index in [9.17, 15) is 10.2 Å². The van der Waals surface area contributed by atoms with Gasteiger partial charge in [0.25, 0.3) is 0 Å². The van der Waals surface area contributed by atoms with Crippen molar-refractivity contribution in [3.05, 3.63) is 54.7 Å². The van der Waals surface area contributed by atoms with Crippen LogP contribution in [0.15, 0.2) is 49.2 Å². The lowest BCUT2D eigenvalue weighted by atomic mass is 9.69. The second-order valence-electron chi connectivity index (χ2n) is 7.15. The number of para-hydroxylation sites is 1. The normalized spacial score (nSPS) is 31.8. The fourth-order valence-corrected chi connectivity index (χ4v) is 4.68. The Balaban J connectivity index is 1.78. The highest BCUT2D eigenvalue weighted by Crippen LogP contribution is 2.44. The standard InChI is InChI=1S/C20H24N2O2/c1-2-14-12-22-10-8-15(14)11-19(22)20(24,13-23)17-7-9-21-18-6-4-3-5-16(17)18/h2-7,9,14-15,19,23-24H,1,8,10-13H2/t14-,15-,19+,20+/m0/s1. The van der Waals surface area contributed by atoms with Crippen LogP contribution in [0.3, 0.4) is 0 Å². The van der Waals surface area contributed by atoms with Gasteiger partial charge in [-0.05, 0) is 48.9 Å². The van der Waals surface area contributed by atoms with E-state index in [1.807, 2.05) is 36.4 Å². The monoisotopic (exact) mass is 324 g/mol. The van der Waals surface area contributed by atoms with Crippen LogP contribution in [0.5, 0.6) is 0 Å². The minimum Gasteiger partial charge on any atom is -0.393 e.